The molecule has 3 atom stereocenters. The lowest BCUT2D eigenvalue weighted by Gasteiger charge is -2.40. The van der Waals surface area contributed by atoms with Gasteiger partial charge in [0.25, 0.3) is 0 Å². The molecule has 0 radical (unpaired) electrons. The Bertz CT molecular complexity index is 962. The smallest absolute Gasteiger partial charge is 0.241 e. The van der Waals surface area contributed by atoms with Gasteiger partial charge in [-0.05, 0) is 55.6 Å². The fourth-order valence-electron chi connectivity index (χ4n) is 5.83. The van der Waals surface area contributed by atoms with Gasteiger partial charge in [0, 0.05) is 39.7 Å². The Kier molecular flexibility index (Phi) is 13.0. The van der Waals surface area contributed by atoms with E-state index in [1.807, 2.05) is 26.0 Å². The average molecular weight is 573 g/mol. The number of carbonyl (C=O) groups excluding carboxylic acids is 3. The Morgan fingerprint density at radius 3 is 2.20 bits per heavy atom. The van der Waals surface area contributed by atoms with E-state index in [0.717, 1.165) is 38.5 Å². The Hall–Kier alpha value is -2.52. The van der Waals surface area contributed by atoms with Crippen LogP contribution in [0.25, 0.3) is 0 Å². The fraction of sp³-hybridized carbons (Fsp3) is 0.750. The molecule has 1 heterocycles. The van der Waals surface area contributed by atoms with Gasteiger partial charge in [0.1, 0.15) is 12.6 Å². The van der Waals surface area contributed by atoms with Crippen molar-refractivity contribution in [1.82, 2.24) is 19.7 Å². The van der Waals surface area contributed by atoms with E-state index in [4.69, 9.17) is 0 Å². The van der Waals surface area contributed by atoms with Crippen LogP contribution in [0, 0.1) is 17.8 Å². The van der Waals surface area contributed by atoms with Gasteiger partial charge >= 0.3 is 0 Å². The van der Waals surface area contributed by atoms with Crippen LogP contribution in [0.2, 0.25) is 0 Å². The number of likely N-dealkylation sites (N-methyl/N-ethyl adjacent to an activating group) is 1. The second-order valence-electron chi connectivity index (χ2n) is 12.8. The number of carbonyl (C=O) groups is 3. The molecule has 0 unspecified atom stereocenters. The molecule has 2 aliphatic carbocycles. The van der Waals surface area contributed by atoms with Crippen LogP contribution in [0.5, 0.6) is 0 Å². The van der Waals surface area contributed by atoms with Crippen molar-refractivity contribution < 1.29 is 24.6 Å². The highest BCUT2D eigenvalue weighted by Crippen LogP contribution is 2.35. The molecule has 1 aromatic heterocycles. The quantitative estimate of drug-likeness (QED) is 0.313. The van der Waals surface area contributed by atoms with Gasteiger partial charge in [-0.15, -0.1) is 0 Å². The first kappa shape index (κ1) is 33.0. The van der Waals surface area contributed by atoms with Crippen molar-refractivity contribution in [2.75, 3.05) is 27.2 Å². The first-order chi connectivity index (χ1) is 19.5. The number of aliphatic hydroxyl groups excluding tert-OH is 2. The lowest BCUT2D eigenvalue weighted by molar-refractivity contribution is -0.144. The third-order valence-corrected chi connectivity index (χ3v) is 8.48. The summed E-state index contributed by atoms with van der Waals surface area (Å²) in [4.78, 5) is 48.7. The molecule has 9 nitrogen and oxygen atoms in total. The van der Waals surface area contributed by atoms with E-state index in [-0.39, 0.29) is 49.6 Å². The molecule has 1 aromatic rings. The summed E-state index contributed by atoms with van der Waals surface area (Å²) in [6, 6.07) is 4.96. The van der Waals surface area contributed by atoms with E-state index >= 15 is 0 Å². The van der Waals surface area contributed by atoms with Gasteiger partial charge < -0.3 is 24.9 Å². The van der Waals surface area contributed by atoms with Crippen molar-refractivity contribution in [3.63, 3.8) is 0 Å². The Morgan fingerprint density at radius 2 is 1.61 bits per heavy atom. The van der Waals surface area contributed by atoms with Gasteiger partial charge in [0.15, 0.2) is 0 Å². The first-order valence-corrected chi connectivity index (χ1v) is 15.6. The van der Waals surface area contributed by atoms with Gasteiger partial charge in [0.2, 0.25) is 17.7 Å². The zero-order valence-electron chi connectivity index (χ0n) is 25.6. The number of aliphatic hydroxyl groups is 2. The molecule has 0 bridgehead atoms. The number of aromatic nitrogens is 1. The predicted molar refractivity (Wildman–Crippen MR) is 158 cm³/mol. The first-order valence-electron chi connectivity index (χ1n) is 15.6. The summed E-state index contributed by atoms with van der Waals surface area (Å²) in [6.45, 7) is 4.67. The van der Waals surface area contributed by atoms with E-state index in [9.17, 15) is 24.6 Å². The number of pyridine rings is 1. The van der Waals surface area contributed by atoms with Gasteiger partial charge in [-0.2, -0.15) is 0 Å². The minimum Gasteiger partial charge on any atom is -0.390 e. The Balaban J connectivity index is 1.75. The fourth-order valence-corrected chi connectivity index (χ4v) is 5.83. The maximum absolute atomic E-state index is 13.8. The third-order valence-electron chi connectivity index (χ3n) is 8.48. The summed E-state index contributed by atoms with van der Waals surface area (Å²) in [5.41, 5.74) is 0.670. The molecule has 3 rings (SSSR count). The van der Waals surface area contributed by atoms with Crippen molar-refractivity contribution in [1.29, 1.82) is 0 Å². The maximum Gasteiger partial charge on any atom is 0.241 e. The van der Waals surface area contributed by atoms with E-state index in [2.05, 4.69) is 4.98 Å². The summed E-state index contributed by atoms with van der Waals surface area (Å²) in [6.07, 6.45) is 8.60. The highest BCUT2D eigenvalue weighted by atomic mass is 16.3. The Labute approximate surface area is 246 Å². The largest absolute Gasteiger partial charge is 0.390 e. The monoisotopic (exact) mass is 572 g/mol. The van der Waals surface area contributed by atoms with E-state index in [1.54, 1.807) is 31.3 Å². The lowest BCUT2D eigenvalue weighted by Crippen LogP contribution is -2.53. The summed E-state index contributed by atoms with van der Waals surface area (Å²) in [7, 11) is 3.30. The van der Waals surface area contributed by atoms with Crippen LogP contribution in [-0.4, -0.2) is 93.1 Å². The van der Waals surface area contributed by atoms with Crippen molar-refractivity contribution in [3.8, 4) is 0 Å². The topological polar surface area (TPSA) is 114 Å². The minimum absolute atomic E-state index is 0.00537. The van der Waals surface area contributed by atoms with Gasteiger partial charge in [-0.3, -0.25) is 19.4 Å². The summed E-state index contributed by atoms with van der Waals surface area (Å²) < 4.78 is 0. The van der Waals surface area contributed by atoms with Gasteiger partial charge in [-0.25, -0.2) is 0 Å². The van der Waals surface area contributed by atoms with Crippen LogP contribution < -0.4 is 0 Å². The van der Waals surface area contributed by atoms with Crippen LogP contribution in [-0.2, 0) is 20.9 Å². The molecular formula is C32H52N4O5. The number of amides is 3. The molecular weight excluding hydrogens is 520 g/mol. The molecule has 0 aliphatic heterocycles. The molecule has 9 heteroatoms. The van der Waals surface area contributed by atoms with Crippen LogP contribution >= 0.6 is 0 Å². The van der Waals surface area contributed by atoms with Crippen molar-refractivity contribution in [2.45, 2.75) is 109 Å². The van der Waals surface area contributed by atoms with Gasteiger partial charge in [0.05, 0.1) is 24.4 Å². The van der Waals surface area contributed by atoms with E-state index in [0.29, 0.717) is 36.9 Å². The zero-order valence-corrected chi connectivity index (χ0v) is 25.6. The normalized spacial score (nSPS) is 18.0. The van der Waals surface area contributed by atoms with E-state index < -0.39 is 18.2 Å². The number of rotatable bonds is 16. The molecule has 2 saturated carbocycles. The second-order valence-corrected chi connectivity index (χ2v) is 12.8. The van der Waals surface area contributed by atoms with Crippen molar-refractivity contribution in [2.24, 2.45) is 17.8 Å². The van der Waals surface area contributed by atoms with Crippen molar-refractivity contribution in [3.05, 3.63) is 30.1 Å². The molecule has 2 N–H and O–H groups in total. The van der Waals surface area contributed by atoms with E-state index in [1.165, 1.54) is 16.2 Å². The molecule has 0 aromatic carbocycles. The average Bonchev–Trinajstić information content (AvgIpc) is 3.77. The minimum atomic E-state index is -1.03. The number of nitrogens with zero attached hydrogens (tertiary/aromatic N) is 4. The van der Waals surface area contributed by atoms with Crippen LogP contribution in [0.3, 0.4) is 0 Å². The SMILES string of the molecule is CC(C)C[C@H](O)[C@H](O)[C@H](CC1CCCCC1)N(CC1CC1)C(=O)CCC(=O)N(CC(=O)N(C)C)Cc1ccccn1. The molecule has 2 aliphatic rings. The second kappa shape index (κ2) is 16.2. The maximum atomic E-state index is 13.8. The summed E-state index contributed by atoms with van der Waals surface area (Å²) in [5, 5.41) is 22.4. The summed E-state index contributed by atoms with van der Waals surface area (Å²) in [5.74, 6) is 0.377. The predicted octanol–water partition coefficient (Wildman–Crippen LogP) is 3.62. The zero-order chi connectivity index (χ0) is 29.9. The Morgan fingerprint density at radius 1 is 0.927 bits per heavy atom. The highest BCUT2D eigenvalue weighted by molar-refractivity contribution is 5.87. The van der Waals surface area contributed by atoms with Crippen molar-refractivity contribution >= 4 is 17.7 Å². The molecule has 3 amide bonds. The number of hydrogen-bond acceptors (Lipinski definition) is 6. The highest BCUT2D eigenvalue weighted by Gasteiger charge is 2.38. The van der Waals surface area contributed by atoms with Crippen LogP contribution in [0.4, 0.5) is 0 Å². The molecule has 230 valence electrons. The molecule has 0 spiro atoms. The lowest BCUT2D eigenvalue weighted by atomic mass is 9.81. The van der Waals surface area contributed by atoms with Crippen LogP contribution in [0.15, 0.2) is 24.4 Å². The summed E-state index contributed by atoms with van der Waals surface area (Å²) >= 11 is 0. The molecule has 41 heavy (non-hydrogen) atoms. The third kappa shape index (κ3) is 11.0. The molecule has 2 fully saturated rings. The number of hydrogen-bond donors (Lipinski definition) is 2. The van der Waals surface area contributed by atoms with Gasteiger partial charge in [-0.1, -0.05) is 52.0 Å². The standard InChI is InChI=1S/C32H52N4O5/c1-23(2)18-28(37)32(41)27(19-24-10-6-5-7-11-24)36(20-25-13-14-25)30(39)16-15-29(38)35(22-31(40)34(3)4)21-26-12-8-9-17-33-26/h8-9,12,17,23-25,27-28,32,37,41H,5-7,10-11,13-16,18-22H2,1-4H3/t27-,28-,32+/m0/s1. The van der Waals surface area contributed by atoms with Crippen LogP contribution in [0.1, 0.15) is 90.2 Å². The molecule has 0 saturated heterocycles.